The number of anilines is 1. The lowest BCUT2D eigenvalue weighted by Crippen LogP contribution is -2.07. The van der Waals surface area contributed by atoms with Gasteiger partial charge in [0.05, 0.1) is 27.8 Å². The van der Waals surface area contributed by atoms with Crippen LogP contribution in [0.1, 0.15) is 28.5 Å². The summed E-state index contributed by atoms with van der Waals surface area (Å²) < 4.78 is 5.35. The monoisotopic (exact) mass is 731 g/mol. The van der Waals surface area contributed by atoms with Gasteiger partial charge in [-0.15, -0.1) is 6.42 Å². The van der Waals surface area contributed by atoms with Crippen molar-refractivity contribution in [3.05, 3.63) is 71.8 Å². The number of hydrogen-bond donors (Lipinski definition) is 0. The van der Waals surface area contributed by atoms with E-state index >= 15 is 0 Å². The fourth-order valence-corrected chi connectivity index (χ4v) is 3.28. The molecule has 0 saturated carbocycles. The summed E-state index contributed by atoms with van der Waals surface area (Å²) in [5, 5.41) is 17.3. The van der Waals surface area contributed by atoms with Crippen LogP contribution in [-0.2, 0) is 0 Å². The molecule has 0 atom stereocenters. The highest BCUT2D eigenvalue weighted by atomic mass is 35.5. The van der Waals surface area contributed by atoms with Crippen LogP contribution in [0.5, 0.6) is 5.75 Å². The summed E-state index contributed by atoms with van der Waals surface area (Å²) in [6, 6.07) is 19.9. The van der Waals surface area contributed by atoms with Gasteiger partial charge in [0.2, 0.25) is 0 Å². The molecule has 0 N–H and O–H groups in total. The Morgan fingerprint density at radius 3 is 1.15 bits per heavy atom. The first-order chi connectivity index (χ1) is 26.0. The third kappa shape index (κ3) is 17.1. The summed E-state index contributed by atoms with van der Waals surface area (Å²) in [5.41, 5.74) is 3.71. The van der Waals surface area contributed by atoms with Gasteiger partial charge in [-0.1, -0.05) is 11.6 Å². The molecule has 53 heavy (non-hydrogen) atoms. The van der Waals surface area contributed by atoms with Gasteiger partial charge in [0, 0.05) is 143 Å². The van der Waals surface area contributed by atoms with Crippen LogP contribution in [0.15, 0.2) is 87.2 Å². The highest BCUT2D eigenvalue weighted by molar-refractivity contribution is 6.32. The molecule has 3 rings (SSSR count). The standard InChI is InChI=1S/C46H18ClN5O.20H2/c1-4-5-6-7-8-9-10-11-12-13-14-15-16-17-18-19-20-21-22-23-24-25-26-27-38-53-46-37-34-43(39-45(46)47)51-50-41-30-28-40(29-31-41)48-49-42-32-35-44(36-33-42)52(2)3;;;;;;;;;;;;;;;;;;;;/h1,28-37,39H,2-3H3;20*1H. The topological polar surface area (TPSA) is 61.9 Å². The zero-order valence-corrected chi connectivity index (χ0v) is 28.7. The maximum Gasteiger partial charge on any atom is 0.159 e. The van der Waals surface area contributed by atoms with Crippen molar-refractivity contribution >= 4 is 40.0 Å². The van der Waals surface area contributed by atoms with Crippen molar-refractivity contribution in [3.8, 4) is 160 Å². The second kappa shape index (κ2) is 24.2. The van der Waals surface area contributed by atoms with E-state index in [0.29, 0.717) is 27.8 Å². The van der Waals surface area contributed by atoms with Gasteiger partial charge in [-0.25, -0.2) is 0 Å². The van der Waals surface area contributed by atoms with Crippen LogP contribution in [0.3, 0.4) is 0 Å². The van der Waals surface area contributed by atoms with Gasteiger partial charge in [-0.2, -0.15) is 20.5 Å². The average molecular weight is 732 g/mol. The molecular formula is C46H58ClN5O. The molecule has 0 unspecified atom stereocenters. The van der Waals surface area contributed by atoms with Gasteiger partial charge >= 0.3 is 0 Å². The lowest BCUT2D eigenvalue weighted by atomic mass is 10.3. The van der Waals surface area contributed by atoms with Crippen LogP contribution in [0.4, 0.5) is 28.4 Å². The molecule has 0 bridgehead atoms. The first-order valence-corrected chi connectivity index (χ1v) is 15.1. The summed E-state index contributed by atoms with van der Waals surface area (Å²) in [6.07, 6.45) is 7.40. The maximum absolute atomic E-state index is 6.31. The van der Waals surface area contributed by atoms with Gasteiger partial charge in [-0.05, 0) is 114 Å². The van der Waals surface area contributed by atoms with Crippen molar-refractivity contribution in [1.82, 2.24) is 0 Å². The van der Waals surface area contributed by atoms with Crippen molar-refractivity contribution in [1.29, 1.82) is 0 Å². The number of terminal acetylenes is 1. The number of nitrogens with zero attached hydrogens (tertiary/aromatic N) is 5. The summed E-state index contributed by atoms with van der Waals surface area (Å²) in [6.45, 7) is 0. The third-order valence-electron chi connectivity index (χ3n) is 5.35. The Kier molecular flexibility index (Phi) is 17.6. The molecule has 6 nitrogen and oxygen atoms in total. The molecule has 0 aliphatic carbocycles. The SMILES string of the molecule is C#CC#CC#CC#CC#CC#CC#CC#CC#CC#CC#CC#CC#COc1ccc(N=Nc2ccc(N=Nc3ccc(N(C)C)cc3)cc2)cc1Cl.[HH].[HH].[HH].[HH].[HH].[HH].[HH].[HH].[HH].[HH].[HH].[HH].[HH].[HH].[HH].[HH].[HH].[HH].[HH].[HH]. The first-order valence-electron chi connectivity index (χ1n) is 14.7. The highest BCUT2D eigenvalue weighted by Crippen LogP contribution is 2.30. The fourth-order valence-electron chi connectivity index (χ4n) is 3.07. The van der Waals surface area contributed by atoms with E-state index in [4.69, 9.17) is 22.8 Å². The molecule has 7 heteroatoms. The Morgan fingerprint density at radius 1 is 0.472 bits per heavy atom. The highest BCUT2D eigenvalue weighted by Gasteiger charge is 2.02. The predicted octanol–water partition coefficient (Wildman–Crippen LogP) is 12.2. The van der Waals surface area contributed by atoms with Crippen LogP contribution in [0, 0.1) is 155 Å². The van der Waals surface area contributed by atoms with Crippen molar-refractivity contribution in [2.75, 3.05) is 19.0 Å². The molecule has 0 aromatic heterocycles. The minimum absolute atomic E-state index is 0. The summed E-state index contributed by atoms with van der Waals surface area (Å²) in [7, 11) is 3.97. The number of azo groups is 2. The Labute approximate surface area is 345 Å². The van der Waals surface area contributed by atoms with Crippen LogP contribution in [0.2, 0.25) is 5.02 Å². The van der Waals surface area contributed by atoms with Crippen LogP contribution in [0.25, 0.3) is 0 Å². The quantitative estimate of drug-likeness (QED) is 0.187. The van der Waals surface area contributed by atoms with Gasteiger partial charge in [0.15, 0.2) is 5.75 Å². The third-order valence-corrected chi connectivity index (χ3v) is 5.65. The van der Waals surface area contributed by atoms with Crippen LogP contribution in [-0.4, -0.2) is 14.1 Å². The van der Waals surface area contributed by atoms with E-state index in [1.807, 2.05) is 43.3 Å². The van der Waals surface area contributed by atoms with Gasteiger partial charge < -0.3 is 9.64 Å². The van der Waals surface area contributed by atoms with Crippen molar-refractivity contribution < 1.29 is 33.3 Å². The van der Waals surface area contributed by atoms with Gasteiger partial charge in [0.1, 0.15) is 6.11 Å². The largest absolute Gasteiger partial charge is 0.405 e. The first kappa shape index (κ1) is 38.5. The zero-order valence-electron chi connectivity index (χ0n) is 28.0. The predicted molar refractivity (Wildman–Crippen MR) is 252 cm³/mol. The molecule has 0 saturated heterocycles. The van der Waals surface area contributed by atoms with Crippen molar-refractivity contribution in [3.63, 3.8) is 0 Å². The molecule has 0 aliphatic heterocycles. The van der Waals surface area contributed by atoms with Crippen LogP contribution >= 0.6 is 11.6 Å². The van der Waals surface area contributed by atoms with Crippen LogP contribution < -0.4 is 9.64 Å². The molecular weight excluding hydrogens is 674 g/mol. The van der Waals surface area contributed by atoms with E-state index in [0.717, 1.165) is 11.4 Å². The molecule has 3 aromatic rings. The zero-order chi connectivity index (χ0) is 37.6. The molecule has 0 spiro atoms. The molecule has 280 valence electrons. The Balaban J connectivity index is -0.0000000945. The van der Waals surface area contributed by atoms with E-state index < -0.39 is 0 Å². The molecule has 0 radical (unpaired) electrons. The lowest BCUT2D eigenvalue weighted by Gasteiger charge is -2.11. The average Bonchev–Trinajstić information content (AvgIpc) is 3.17. The normalized spacial score (nSPS) is 7.81. The molecule has 3 aromatic carbocycles. The van der Waals surface area contributed by atoms with Gasteiger partial charge in [0.25, 0.3) is 0 Å². The molecule has 0 amide bonds. The van der Waals surface area contributed by atoms with E-state index in [2.05, 4.69) is 169 Å². The number of benzene rings is 3. The lowest BCUT2D eigenvalue weighted by molar-refractivity contribution is 0.520. The second-order valence-electron chi connectivity index (χ2n) is 9.17. The number of halogens is 1. The summed E-state index contributed by atoms with van der Waals surface area (Å²) in [4.78, 5) is 2.02. The van der Waals surface area contributed by atoms with E-state index in [9.17, 15) is 0 Å². The Morgan fingerprint density at radius 2 is 0.792 bits per heavy atom. The summed E-state index contributed by atoms with van der Waals surface area (Å²) in [5.74, 6) is 59.8. The van der Waals surface area contributed by atoms with Crippen molar-refractivity contribution in [2.24, 2.45) is 20.5 Å². The smallest absolute Gasteiger partial charge is 0.159 e. The number of hydrogen-bond acceptors (Lipinski definition) is 6. The number of ether oxygens (including phenoxy) is 1. The number of rotatable bonds is 6. The Bertz CT molecular complexity index is 2810. The molecule has 0 heterocycles. The van der Waals surface area contributed by atoms with Gasteiger partial charge in [-0.3, -0.25) is 0 Å². The van der Waals surface area contributed by atoms with E-state index in [-0.39, 0.29) is 28.5 Å². The molecule has 0 aliphatic rings. The fraction of sp³-hybridized carbons (Fsp3) is 0.0435. The minimum atomic E-state index is 0. The molecule has 0 fully saturated rings. The summed E-state index contributed by atoms with van der Waals surface area (Å²) >= 11 is 6.31. The maximum atomic E-state index is 6.31. The minimum Gasteiger partial charge on any atom is -0.405 e. The Hall–Kier alpha value is -8.97. The van der Waals surface area contributed by atoms with Crippen molar-refractivity contribution in [2.45, 2.75) is 0 Å². The van der Waals surface area contributed by atoms with E-state index in [1.165, 1.54) is 0 Å². The second-order valence-corrected chi connectivity index (χ2v) is 9.57. The van der Waals surface area contributed by atoms with E-state index in [1.54, 1.807) is 42.5 Å².